The van der Waals surface area contributed by atoms with Crippen LogP contribution < -0.4 is 4.74 Å². The van der Waals surface area contributed by atoms with E-state index in [0.717, 1.165) is 11.3 Å². The molecule has 2 aromatic carbocycles. The minimum absolute atomic E-state index is 0.199. The van der Waals surface area contributed by atoms with Crippen molar-refractivity contribution in [2.45, 2.75) is 18.1 Å². The van der Waals surface area contributed by atoms with Crippen LogP contribution in [-0.2, 0) is 27.8 Å². The van der Waals surface area contributed by atoms with Crippen LogP contribution in [0.2, 0.25) is 0 Å². The van der Waals surface area contributed by atoms with E-state index >= 15 is 0 Å². The third kappa shape index (κ3) is 5.01. The average molecular weight is 451 g/mol. The second kappa shape index (κ2) is 9.29. The van der Waals surface area contributed by atoms with Crippen LogP contribution in [0.25, 0.3) is 17.1 Å². The molecule has 4 aromatic rings. The molecule has 0 radical (unpaired) electrons. The predicted molar refractivity (Wildman–Crippen MR) is 119 cm³/mol. The number of pyridine rings is 1. The molecule has 2 heterocycles. The maximum absolute atomic E-state index is 12.0. The highest BCUT2D eigenvalue weighted by atomic mass is 32.2. The molecule has 2 aromatic heterocycles. The summed E-state index contributed by atoms with van der Waals surface area (Å²) in [5, 5.41) is 4.64. The van der Waals surface area contributed by atoms with Crippen molar-refractivity contribution >= 4 is 9.84 Å². The van der Waals surface area contributed by atoms with Gasteiger partial charge in [-0.15, -0.1) is 5.10 Å². The highest BCUT2D eigenvalue weighted by molar-refractivity contribution is 7.90. The molecule has 9 heteroatoms. The second-order valence-corrected chi connectivity index (χ2v) is 9.13. The van der Waals surface area contributed by atoms with Crippen LogP contribution >= 0.6 is 0 Å². The third-order valence-corrected chi connectivity index (χ3v) is 5.83. The Kier molecular flexibility index (Phi) is 6.29. The summed E-state index contributed by atoms with van der Waals surface area (Å²) in [6, 6.07) is 17.8. The SMILES string of the molecule is COc1cccc(-n2nc(-c3cccc(S(C)(=O)=O)c3)nc2COCc2cccnc2)c1. The smallest absolute Gasteiger partial charge is 0.181 e. The second-order valence-electron chi connectivity index (χ2n) is 7.12. The van der Waals surface area contributed by atoms with E-state index in [1.807, 2.05) is 36.4 Å². The third-order valence-electron chi connectivity index (χ3n) is 4.72. The molecule has 0 bridgehead atoms. The summed E-state index contributed by atoms with van der Waals surface area (Å²) in [6.45, 7) is 0.572. The van der Waals surface area contributed by atoms with E-state index < -0.39 is 9.84 Å². The van der Waals surface area contributed by atoms with E-state index in [1.165, 1.54) is 6.26 Å². The Bertz CT molecular complexity index is 1320. The molecule has 32 heavy (non-hydrogen) atoms. The van der Waals surface area contributed by atoms with Gasteiger partial charge in [0.25, 0.3) is 0 Å². The first-order valence-corrected chi connectivity index (χ1v) is 11.7. The molecule has 0 unspecified atom stereocenters. The lowest BCUT2D eigenvalue weighted by molar-refractivity contribution is 0.100. The number of aromatic nitrogens is 4. The van der Waals surface area contributed by atoms with Crippen molar-refractivity contribution in [2.24, 2.45) is 0 Å². The average Bonchev–Trinajstić information content (AvgIpc) is 3.24. The lowest BCUT2D eigenvalue weighted by Crippen LogP contribution is -2.05. The topological polar surface area (TPSA) is 96.2 Å². The van der Waals surface area contributed by atoms with E-state index in [4.69, 9.17) is 9.47 Å². The Morgan fingerprint density at radius 1 is 1.00 bits per heavy atom. The molecule has 0 amide bonds. The van der Waals surface area contributed by atoms with Gasteiger partial charge in [-0.1, -0.05) is 24.3 Å². The Labute approximate surface area is 186 Å². The van der Waals surface area contributed by atoms with Crippen molar-refractivity contribution in [3.8, 4) is 22.8 Å². The summed E-state index contributed by atoms with van der Waals surface area (Å²) in [6.07, 6.45) is 4.63. The van der Waals surface area contributed by atoms with E-state index in [1.54, 1.807) is 48.5 Å². The Morgan fingerprint density at radius 2 is 1.84 bits per heavy atom. The van der Waals surface area contributed by atoms with Crippen molar-refractivity contribution in [1.82, 2.24) is 19.7 Å². The van der Waals surface area contributed by atoms with Gasteiger partial charge in [-0.2, -0.15) is 0 Å². The molecule has 0 N–H and O–H groups in total. The van der Waals surface area contributed by atoms with Gasteiger partial charge in [-0.05, 0) is 35.9 Å². The van der Waals surface area contributed by atoms with Gasteiger partial charge in [0.15, 0.2) is 21.5 Å². The Hall–Kier alpha value is -3.56. The van der Waals surface area contributed by atoms with Crippen molar-refractivity contribution in [3.05, 3.63) is 84.4 Å². The molecule has 0 saturated heterocycles. The summed E-state index contributed by atoms with van der Waals surface area (Å²) in [5.41, 5.74) is 2.30. The fourth-order valence-electron chi connectivity index (χ4n) is 3.12. The highest BCUT2D eigenvalue weighted by Crippen LogP contribution is 2.23. The molecule has 0 aliphatic rings. The zero-order valence-electron chi connectivity index (χ0n) is 17.7. The minimum Gasteiger partial charge on any atom is -0.497 e. The van der Waals surface area contributed by atoms with Crippen molar-refractivity contribution in [1.29, 1.82) is 0 Å². The number of hydrogen-bond donors (Lipinski definition) is 0. The van der Waals surface area contributed by atoms with Crippen molar-refractivity contribution < 1.29 is 17.9 Å². The summed E-state index contributed by atoms with van der Waals surface area (Å²) in [4.78, 5) is 8.94. The first-order valence-electron chi connectivity index (χ1n) is 9.81. The lowest BCUT2D eigenvalue weighted by Gasteiger charge is -2.08. The number of methoxy groups -OCH3 is 1. The van der Waals surface area contributed by atoms with Gasteiger partial charge >= 0.3 is 0 Å². The molecular weight excluding hydrogens is 428 g/mol. The lowest BCUT2D eigenvalue weighted by atomic mass is 10.2. The molecule has 0 atom stereocenters. The number of hydrogen-bond acceptors (Lipinski definition) is 7. The fraction of sp³-hybridized carbons (Fsp3) is 0.174. The Balaban J connectivity index is 1.69. The normalized spacial score (nSPS) is 11.4. The number of nitrogens with zero attached hydrogens (tertiary/aromatic N) is 4. The minimum atomic E-state index is -3.35. The quantitative estimate of drug-likeness (QED) is 0.406. The van der Waals surface area contributed by atoms with Gasteiger partial charge in [0.1, 0.15) is 12.4 Å². The molecule has 0 aliphatic carbocycles. The van der Waals surface area contributed by atoms with Gasteiger partial charge in [0.2, 0.25) is 0 Å². The highest BCUT2D eigenvalue weighted by Gasteiger charge is 2.16. The van der Waals surface area contributed by atoms with Crippen LogP contribution in [0.4, 0.5) is 0 Å². The van der Waals surface area contributed by atoms with Gasteiger partial charge in [-0.3, -0.25) is 4.98 Å². The monoisotopic (exact) mass is 450 g/mol. The zero-order chi connectivity index (χ0) is 22.6. The molecule has 0 aliphatic heterocycles. The van der Waals surface area contributed by atoms with E-state index in [9.17, 15) is 8.42 Å². The largest absolute Gasteiger partial charge is 0.497 e. The van der Waals surface area contributed by atoms with E-state index in [-0.39, 0.29) is 11.5 Å². The molecule has 0 saturated carbocycles. The van der Waals surface area contributed by atoms with Crippen LogP contribution in [0.1, 0.15) is 11.4 Å². The summed E-state index contributed by atoms with van der Waals surface area (Å²) >= 11 is 0. The summed E-state index contributed by atoms with van der Waals surface area (Å²) < 4.78 is 36.8. The number of sulfone groups is 1. The molecule has 4 rings (SSSR count). The predicted octanol–water partition coefficient (Wildman–Crippen LogP) is 3.46. The fourth-order valence-corrected chi connectivity index (χ4v) is 3.79. The molecule has 0 fully saturated rings. The maximum Gasteiger partial charge on any atom is 0.181 e. The first kappa shape index (κ1) is 21.7. The van der Waals surface area contributed by atoms with Crippen molar-refractivity contribution in [3.63, 3.8) is 0 Å². The number of ether oxygens (including phenoxy) is 2. The van der Waals surface area contributed by atoms with E-state index in [0.29, 0.717) is 29.6 Å². The van der Waals surface area contributed by atoms with Crippen LogP contribution in [0.5, 0.6) is 5.75 Å². The number of benzene rings is 2. The van der Waals surface area contributed by atoms with Gasteiger partial charge in [0.05, 0.1) is 24.3 Å². The molecule has 8 nitrogen and oxygen atoms in total. The first-order chi connectivity index (χ1) is 15.4. The standard InChI is InChI=1S/C23H22N4O4S/c1-30-20-9-4-8-19(13-20)27-22(16-31-15-17-6-5-11-24-14-17)25-23(26-27)18-7-3-10-21(12-18)32(2,28)29/h3-14H,15-16H2,1-2H3. The molecular formula is C23H22N4O4S. The zero-order valence-corrected chi connectivity index (χ0v) is 18.5. The Morgan fingerprint density at radius 3 is 2.59 bits per heavy atom. The maximum atomic E-state index is 12.0. The summed E-state index contributed by atoms with van der Waals surface area (Å²) in [7, 11) is -1.75. The van der Waals surface area contributed by atoms with E-state index in [2.05, 4.69) is 15.1 Å². The van der Waals surface area contributed by atoms with Crippen LogP contribution in [0.3, 0.4) is 0 Å². The van der Waals surface area contributed by atoms with Gasteiger partial charge < -0.3 is 9.47 Å². The summed E-state index contributed by atoms with van der Waals surface area (Å²) in [5.74, 6) is 1.65. The van der Waals surface area contributed by atoms with Crippen LogP contribution in [-0.4, -0.2) is 41.5 Å². The van der Waals surface area contributed by atoms with Gasteiger partial charge in [-0.25, -0.2) is 18.1 Å². The number of rotatable bonds is 8. The van der Waals surface area contributed by atoms with Crippen molar-refractivity contribution in [2.75, 3.05) is 13.4 Å². The van der Waals surface area contributed by atoms with Crippen LogP contribution in [0.15, 0.2) is 78.0 Å². The molecule has 0 spiro atoms. The van der Waals surface area contributed by atoms with Crippen LogP contribution in [0, 0.1) is 0 Å². The molecule has 164 valence electrons. The van der Waals surface area contributed by atoms with Gasteiger partial charge in [0, 0.05) is 30.3 Å².